The van der Waals surface area contributed by atoms with Crippen LogP contribution in [-0.4, -0.2) is 16.4 Å². The van der Waals surface area contributed by atoms with Crippen LogP contribution in [0.4, 0.5) is 4.79 Å². The van der Waals surface area contributed by atoms with Gasteiger partial charge in [-0.05, 0) is 12.5 Å². The summed E-state index contributed by atoms with van der Waals surface area (Å²) in [5.41, 5.74) is 2.69. The lowest BCUT2D eigenvalue weighted by Crippen LogP contribution is -1.81. The minimum absolute atomic E-state index is 1.11. The first kappa shape index (κ1) is 11.6. The molecule has 0 aliphatic rings. The summed E-state index contributed by atoms with van der Waals surface area (Å²) in [6.07, 6.45) is 2.42. The Labute approximate surface area is 60.3 Å². The van der Waals surface area contributed by atoms with Crippen molar-refractivity contribution in [1.29, 1.82) is 0 Å². The van der Waals surface area contributed by atoms with Crippen LogP contribution in [0.2, 0.25) is 0 Å². The van der Waals surface area contributed by atoms with E-state index in [0.717, 1.165) is 6.42 Å². The highest BCUT2D eigenvalue weighted by molar-refractivity contribution is 5.53. The number of unbranched alkanes of at least 4 members (excludes halogenated alkanes) is 1. The van der Waals surface area contributed by atoms with Crippen LogP contribution in [0.15, 0.2) is 18.4 Å². The summed E-state index contributed by atoms with van der Waals surface area (Å²) in [6.45, 7) is 5.55. The molecule has 0 radical (unpaired) electrons. The SMILES string of the molecule is C=C=CCCC.O=C(O)O. The Morgan fingerprint density at radius 2 is 2.10 bits per heavy atom. The molecule has 0 aromatic rings. The summed E-state index contributed by atoms with van der Waals surface area (Å²) >= 11 is 0. The van der Waals surface area contributed by atoms with Crippen LogP contribution in [0.3, 0.4) is 0 Å². The van der Waals surface area contributed by atoms with Crippen LogP contribution in [0.25, 0.3) is 0 Å². The Morgan fingerprint density at radius 3 is 2.20 bits per heavy atom. The fourth-order valence-corrected chi connectivity index (χ4v) is 0.246. The zero-order valence-electron chi connectivity index (χ0n) is 6.00. The van der Waals surface area contributed by atoms with Gasteiger partial charge in [-0.2, -0.15) is 0 Å². The van der Waals surface area contributed by atoms with Crippen molar-refractivity contribution >= 4 is 6.16 Å². The average Bonchev–Trinajstić information content (AvgIpc) is 1.82. The first-order chi connectivity index (χ1) is 4.65. The molecule has 0 aromatic heterocycles. The average molecular weight is 144 g/mol. The Bertz CT molecular complexity index is 119. The van der Waals surface area contributed by atoms with Gasteiger partial charge in [0.15, 0.2) is 0 Å². The fourth-order valence-electron chi connectivity index (χ4n) is 0.246. The minimum atomic E-state index is -1.83. The standard InChI is InChI=1S/C6H10.CH2O3/c1-3-5-6-4-2;2-1(3)4/h5H,1,4,6H2,2H3;(H2,2,3,4). The molecule has 0 aliphatic carbocycles. The van der Waals surface area contributed by atoms with E-state index in [0.29, 0.717) is 0 Å². The lowest BCUT2D eigenvalue weighted by molar-refractivity contribution is 0.137. The molecule has 0 aromatic carbocycles. The fraction of sp³-hybridized carbons (Fsp3) is 0.429. The summed E-state index contributed by atoms with van der Waals surface area (Å²) in [7, 11) is 0. The number of carbonyl (C=O) groups is 1. The van der Waals surface area contributed by atoms with E-state index in [4.69, 9.17) is 15.0 Å². The molecular weight excluding hydrogens is 132 g/mol. The quantitative estimate of drug-likeness (QED) is 0.585. The lowest BCUT2D eigenvalue weighted by atomic mass is 10.3. The summed E-state index contributed by atoms with van der Waals surface area (Å²) in [6, 6.07) is 0. The maximum atomic E-state index is 8.56. The maximum Gasteiger partial charge on any atom is 0.503 e. The van der Waals surface area contributed by atoms with Gasteiger partial charge in [0.05, 0.1) is 0 Å². The van der Waals surface area contributed by atoms with Gasteiger partial charge in [0.25, 0.3) is 0 Å². The highest BCUT2D eigenvalue weighted by Gasteiger charge is 1.70. The predicted octanol–water partition coefficient (Wildman–Crippen LogP) is 2.35. The van der Waals surface area contributed by atoms with Crippen LogP contribution < -0.4 is 0 Å². The van der Waals surface area contributed by atoms with E-state index in [-0.39, 0.29) is 0 Å². The van der Waals surface area contributed by atoms with Crippen molar-refractivity contribution < 1.29 is 15.0 Å². The second-order valence-electron chi connectivity index (χ2n) is 1.48. The molecule has 0 rings (SSSR count). The highest BCUT2D eigenvalue weighted by Crippen LogP contribution is 1.83. The molecule has 3 heteroatoms. The third-order valence-corrected chi connectivity index (χ3v) is 0.577. The molecule has 58 valence electrons. The molecule has 3 nitrogen and oxygen atoms in total. The highest BCUT2D eigenvalue weighted by atomic mass is 16.6. The van der Waals surface area contributed by atoms with Crippen molar-refractivity contribution in [3.63, 3.8) is 0 Å². The molecular formula is C7H12O3. The molecule has 0 unspecified atom stereocenters. The Hall–Kier alpha value is -1.21. The van der Waals surface area contributed by atoms with E-state index in [1.807, 2.05) is 6.08 Å². The van der Waals surface area contributed by atoms with Crippen molar-refractivity contribution in [2.24, 2.45) is 0 Å². The zero-order valence-corrected chi connectivity index (χ0v) is 6.00. The molecule has 0 spiro atoms. The molecule has 0 atom stereocenters. The summed E-state index contributed by atoms with van der Waals surface area (Å²) in [5, 5.41) is 13.9. The van der Waals surface area contributed by atoms with Crippen LogP contribution in [0.1, 0.15) is 19.8 Å². The summed E-state index contributed by atoms with van der Waals surface area (Å²) in [5.74, 6) is 0. The molecule has 0 heterocycles. The van der Waals surface area contributed by atoms with E-state index < -0.39 is 6.16 Å². The smallest absolute Gasteiger partial charge is 0.450 e. The Balaban J connectivity index is 0. The van der Waals surface area contributed by atoms with Gasteiger partial charge < -0.3 is 10.2 Å². The topological polar surface area (TPSA) is 57.5 Å². The van der Waals surface area contributed by atoms with E-state index in [1.54, 1.807) is 0 Å². The van der Waals surface area contributed by atoms with Crippen molar-refractivity contribution in [3.05, 3.63) is 18.4 Å². The monoisotopic (exact) mass is 144 g/mol. The van der Waals surface area contributed by atoms with E-state index in [9.17, 15) is 0 Å². The van der Waals surface area contributed by atoms with Gasteiger partial charge in [0.1, 0.15) is 0 Å². The third-order valence-electron chi connectivity index (χ3n) is 0.577. The van der Waals surface area contributed by atoms with Crippen LogP contribution >= 0.6 is 0 Å². The molecule has 0 amide bonds. The number of carboxylic acid groups (broad SMARTS) is 2. The number of allylic oxidation sites excluding steroid dienone is 1. The van der Waals surface area contributed by atoms with E-state index in [2.05, 4.69) is 19.2 Å². The van der Waals surface area contributed by atoms with Gasteiger partial charge in [0, 0.05) is 0 Å². The second-order valence-corrected chi connectivity index (χ2v) is 1.48. The molecule has 0 saturated carbocycles. The molecule has 0 bridgehead atoms. The van der Waals surface area contributed by atoms with Gasteiger partial charge >= 0.3 is 6.16 Å². The number of hydrogen-bond acceptors (Lipinski definition) is 1. The molecule has 10 heavy (non-hydrogen) atoms. The Morgan fingerprint density at radius 1 is 1.70 bits per heavy atom. The summed E-state index contributed by atoms with van der Waals surface area (Å²) in [4.78, 5) is 8.56. The van der Waals surface area contributed by atoms with Gasteiger partial charge in [-0.15, -0.1) is 5.73 Å². The van der Waals surface area contributed by atoms with Crippen LogP contribution in [0.5, 0.6) is 0 Å². The summed E-state index contributed by atoms with van der Waals surface area (Å²) < 4.78 is 0. The van der Waals surface area contributed by atoms with Crippen molar-refractivity contribution in [3.8, 4) is 0 Å². The molecule has 0 aliphatic heterocycles. The van der Waals surface area contributed by atoms with Crippen LogP contribution in [-0.2, 0) is 0 Å². The number of rotatable bonds is 2. The van der Waals surface area contributed by atoms with E-state index in [1.165, 1.54) is 6.42 Å². The normalized spacial score (nSPS) is 6.50. The third kappa shape index (κ3) is 71.0. The van der Waals surface area contributed by atoms with Gasteiger partial charge in [-0.1, -0.05) is 19.9 Å². The second kappa shape index (κ2) is 10.7. The van der Waals surface area contributed by atoms with Gasteiger partial charge in [-0.3, -0.25) is 0 Å². The van der Waals surface area contributed by atoms with Crippen molar-refractivity contribution in [2.45, 2.75) is 19.8 Å². The molecule has 2 N–H and O–H groups in total. The zero-order chi connectivity index (χ0) is 8.41. The maximum absolute atomic E-state index is 8.56. The Kier molecular flexibility index (Phi) is 12.4. The van der Waals surface area contributed by atoms with Gasteiger partial charge in [-0.25, -0.2) is 4.79 Å². The molecule has 0 saturated heterocycles. The predicted molar refractivity (Wildman–Crippen MR) is 39.3 cm³/mol. The first-order valence-corrected chi connectivity index (χ1v) is 2.91. The van der Waals surface area contributed by atoms with E-state index >= 15 is 0 Å². The largest absolute Gasteiger partial charge is 0.503 e. The number of hydrogen-bond donors (Lipinski definition) is 2. The molecule has 0 fully saturated rings. The van der Waals surface area contributed by atoms with Crippen molar-refractivity contribution in [1.82, 2.24) is 0 Å². The van der Waals surface area contributed by atoms with Crippen molar-refractivity contribution in [2.75, 3.05) is 0 Å². The van der Waals surface area contributed by atoms with Gasteiger partial charge in [0.2, 0.25) is 0 Å². The lowest BCUT2D eigenvalue weighted by Gasteiger charge is -1.73. The van der Waals surface area contributed by atoms with Crippen LogP contribution in [0, 0.1) is 0 Å². The first-order valence-electron chi connectivity index (χ1n) is 2.91. The minimum Gasteiger partial charge on any atom is -0.450 e.